The molecule has 6 atom stereocenters. The minimum absolute atomic E-state index is 0.0584. The Morgan fingerprint density at radius 3 is 2.90 bits per heavy atom. The number of rotatable bonds is 0. The number of hydrogen-bond acceptors (Lipinski definition) is 4. The molecule has 0 amide bonds. The van der Waals surface area contributed by atoms with Crippen molar-refractivity contribution in [2.45, 2.75) is 57.7 Å². The SMILES string of the molecule is O=C1CC2CCC3C1(C2)C(=O)OC1OCCC2CCCC213. The molecule has 2 saturated heterocycles. The molecular weight excluding hydrogens is 268 g/mol. The highest BCUT2D eigenvalue weighted by Crippen LogP contribution is 2.69. The summed E-state index contributed by atoms with van der Waals surface area (Å²) < 4.78 is 11.7. The lowest BCUT2D eigenvalue weighted by atomic mass is 9.51. The summed E-state index contributed by atoms with van der Waals surface area (Å²) in [6.45, 7) is 0.695. The van der Waals surface area contributed by atoms with E-state index in [4.69, 9.17) is 9.47 Å². The molecule has 2 heterocycles. The fraction of sp³-hybridized carbons (Fsp3) is 0.882. The highest BCUT2D eigenvalue weighted by Gasteiger charge is 2.73. The molecule has 4 nitrogen and oxygen atoms in total. The highest BCUT2D eigenvalue weighted by atomic mass is 16.7. The molecule has 4 heteroatoms. The Bertz CT molecular complexity index is 529. The Balaban J connectivity index is 1.68. The van der Waals surface area contributed by atoms with Gasteiger partial charge < -0.3 is 9.47 Å². The summed E-state index contributed by atoms with van der Waals surface area (Å²) in [5, 5.41) is 0. The van der Waals surface area contributed by atoms with Crippen LogP contribution in [0.4, 0.5) is 0 Å². The first-order valence-corrected chi connectivity index (χ1v) is 8.54. The average molecular weight is 290 g/mol. The number of carbonyl (C=O) groups is 2. The van der Waals surface area contributed by atoms with Gasteiger partial charge in [0, 0.05) is 11.8 Å². The van der Waals surface area contributed by atoms with Crippen molar-refractivity contribution in [1.82, 2.24) is 0 Å². The van der Waals surface area contributed by atoms with E-state index in [1.807, 2.05) is 0 Å². The third kappa shape index (κ3) is 1.28. The Morgan fingerprint density at radius 1 is 1.10 bits per heavy atom. The van der Waals surface area contributed by atoms with Crippen molar-refractivity contribution in [2.24, 2.45) is 28.6 Å². The molecular formula is C17H22O4. The van der Waals surface area contributed by atoms with Crippen molar-refractivity contribution in [3.63, 3.8) is 0 Å². The summed E-state index contributed by atoms with van der Waals surface area (Å²) in [7, 11) is 0. The van der Waals surface area contributed by atoms with Gasteiger partial charge in [-0.05, 0) is 56.3 Å². The predicted octanol–water partition coefficient (Wildman–Crippen LogP) is 2.45. The lowest BCUT2D eigenvalue weighted by Crippen LogP contribution is -2.65. The minimum atomic E-state index is -0.803. The summed E-state index contributed by atoms with van der Waals surface area (Å²) in [4.78, 5) is 25.5. The molecule has 0 N–H and O–H groups in total. The number of ether oxygens (including phenoxy) is 2. The molecule has 5 fully saturated rings. The molecule has 2 spiro atoms. The zero-order valence-corrected chi connectivity index (χ0v) is 12.3. The number of fused-ring (bicyclic) bond motifs is 1. The first kappa shape index (κ1) is 12.6. The van der Waals surface area contributed by atoms with Crippen LogP contribution in [0.25, 0.3) is 0 Å². The fourth-order valence-corrected chi connectivity index (χ4v) is 6.63. The Morgan fingerprint density at radius 2 is 2.00 bits per heavy atom. The van der Waals surface area contributed by atoms with E-state index in [-0.39, 0.29) is 29.4 Å². The van der Waals surface area contributed by atoms with E-state index in [2.05, 4.69) is 0 Å². The van der Waals surface area contributed by atoms with Gasteiger partial charge in [0.25, 0.3) is 0 Å². The lowest BCUT2D eigenvalue weighted by molar-refractivity contribution is -0.294. The second-order valence-corrected chi connectivity index (χ2v) is 7.90. The summed E-state index contributed by atoms with van der Waals surface area (Å²) in [5.74, 6) is 1.08. The number of hydrogen-bond donors (Lipinski definition) is 0. The van der Waals surface area contributed by atoms with Gasteiger partial charge >= 0.3 is 5.97 Å². The third-order valence-electron chi connectivity index (χ3n) is 7.36. The van der Waals surface area contributed by atoms with Crippen LogP contribution in [0.1, 0.15) is 51.4 Å². The monoisotopic (exact) mass is 290 g/mol. The molecule has 0 aromatic heterocycles. The van der Waals surface area contributed by atoms with Gasteiger partial charge in [-0.15, -0.1) is 0 Å². The standard InChI is InChI=1S/C17H22O4/c18-13-8-10-3-4-12-16-6-1-2-11(16)5-7-20-15(16)21-14(19)17(12,13)9-10/h10-12,15H,1-9H2. The highest BCUT2D eigenvalue weighted by molar-refractivity contribution is 6.06. The topological polar surface area (TPSA) is 52.6 Å². The molecule has 2 bridgehead atoms. The van der Waals surface area contributed by atoms with Gasteiger partial charge in [0.2, 0.25) is 6.29 Å². The van der Waals surface area contributed by atoms with Crippen LogP contribution in [0, 0.1) is 28.6 Å². The molecule has 21 heavy (non-hydrogen) atoms. The molecule has 0 radical (unpaired) electrons. The van der Waals surface area contributed by atoms with E-state index in [9.17, 15) is 9.59 Å². The maximum atomic E-state index is 12.7. The normalized spacial score (nSPS) is 54.7. The lowest BCUT2D eigenvalue weighted by Gasteiger charge is -2.58. The molecule has 6 unspecified atom stereocenters. The Labute approximate surface area is 124 Å². The maximum Gasteiger partial charge on any atom is 0.322 e. The third-order valence-corrected chi connectivity index (χ3v) is 7.36. The van der Waals surface area contributed by atoms with Gasteiger partial charge in [0.15, 0.2) is 5.78 Å². The largest absolute Gasteiger partial charge is 0.434 e. The first-order valence-electron chi connectivity index (χ1n) is 8.54. The number of Topliss-reactive ketones (excluding diaryl/α,β-unsaturated/α-hetero) is 1. The van der Waals surface area contributed by atoms with Gasteiger partial charge in [0.1, 0.15) is 5.41 Å². The van der Waals surface area contributed by atoms with E-state index in [1.54, 1.807) is 0 Å². The van der Waals surface area contributed by atoms with Crippen LogP contribution in [-0.4, -0.2) is 24.6 Å². The first-order chi connectivity index (χ1) is 10.2. The molecule has 2 aliphatic heterocycles. The second kappa shape index (κ2) is 3.89. The zero-order chi connectivity index (χ0) is 14.2. The molecule has 3 aliphatic carbocycles. The van der Waals surface area contributed by atoms with Crippen LogP contribution in [0.2, 0.25) is 0 Å². The smallest absolute Gasteiger partial charge is 0.322 e. The van der Waals surface area contributed by atoms with Gasteiger partial charge in [-0.25, -0.2) is 0 Å². The van der Waals surface area contributed by atoms with Crippen LogP contribution in [0.15, 0.2) is 0 Å². The number of carbonyl (C=O) groups excluding carboxylic acids is 2. The zero-order valence-electron chi connectivity index (χ0n) is 12.3. The van der Waals surface area contributed by atoms with Crippen molar-refractivity contribution in [1.29, 1.82) is 0 Å². The van der Waals surface area contributed by atoms with Crippen molar-refractivity contribution < 1.29 is 19.1 Å². The van der Waals surface area contributed by atoms with Crippen LogP contribution in [-0.2, 0) is 19.1 Å². The van der Waals surface area contributed by atoms with Crippen molar-refractivity contribution in [2.75, 3.05) is 6.61 Å². The molecule has 0 aromatic rings. The summed E-state index contributed by atoms with van der Waals surface area (Å²) in [6.07, 6.45) is 7.61. The molecule has 0 aromatic carbocycles. The van der Waals surface area contributed by atoms with E-state index < -0.39 is 5.41 Å². The molecule has 5 rings (SSSR count). The Kier molecular flexibility index (Phi) is 2.34. The van der Waals surface area contributed by atoms with Crippen molar-refractivity contribution >= 4 is 11.8 Å². The Hall–Kier alpha value is -0.900. The summed E-state index contributed by atoms with van der Waals surface area (Å²) >= 11 is 0. The summed E-state index contributed by atoms with van der Waals surface area (Å²) in [6, 6.07) is 0. The van der Waals surface area contributed by atoms with Gasteiger partial charge in [-0.2, -0.15) is 0 Å². The van der Waals surface area contributed by atoms with E-state index in [0.29, 0.717) is 24.9 Å². The minimum Gasteiger partial charge on any atom is -0.434 e. The van der Waals surface area contributed by atoms with Crippen molar-refractivity contribution in [3.05, 3.63) is 0 Å². The summed E-state index contributed by atoms with van der Waals surface area (Å²) in [5.41, 5.74) is -0.861. The molecule has 5 aliphatic rings. The van der Waals surface area contributed by atoms with E-state index >= 15 is 0 Å². The molecule has 114 valence electrons. The quantitative estimate of drug-likeness (QED) is 0.508. The van der Waals surface area contributed by atoms with Crippen LogP contribution >= 0.6 is 0 Å². The fourth-order valence-electron chi connectivity index (χ4n) is 6.63. The van der Waals surface area contributed by atoms with Crippen LogP contribution in [0.3, 0.4) is 0 Å². The van der Waals surface area contributed by atoms with Gasteiger partial charge in [0.05, 0.1) is 6.61 Å². The van der Waals surface area contributed by atoms with E-state index in [0.717, 1.165) is 32.1 Å². The maximum absolute atomic E-state index is 12.7. The van der Waals surface area contributed by atoms with Gasteiger partial charge in [-0.3, -0.25) is 9.59 Å². The second-order valence-electron chi connectivity index (χ2n) is 7.90. The number of ketones is 1. The molecule has 3 saturated carbocycles. The number of esters is 1. The predicted molar refractivity (Wildman–Crippen MR) is 73.1 cm³/mol. The average Bonchev–Trinajstić information content (AvgIpc) is 3.00. The van der Waals surface area contributed by atoms with Crippen molar-refractivity contribution in [3.8, 4) is 0 Å². The van der Waals surface area contributed by atoms with Crippen LogP contribution < -0.4 is 0 Å². The van der Waals surface area contributed by atoms with Crippen LogP contribution in [0.5, 0.6) is 0 Å². The van der Waals surface area contributed by atoms with E-state index in [1.165, 1.54) is 12.8 Å². The van der Waals surface area contributed by atoms with Gasteiger partial charge in [-0.1, -0.05) is 6.42 Å².